The van der Waals surface area contributed by atoms with Crippen molar-refractivity contribution < 1.29 is 9.18 Å². The second kappa shape index (κ2) is 8.02. The number of halogens is 1. The largest absolute Gasteiger partial charge is 0.368 e. The van der Waals surface area contributed by atoms with Crippen LogP contribution in [0.2, 0.25) is 0 Å². The average Bonchev–Trinajstić information content (AvgIpc) is 2.76. The van der Waals surface area contributed by atoms with Crippen molar-refractivity contribution in [1.29, 1.82) is 0 Å². The van der Waals surface area contributed by atoms with Crippen molar-refractivity contribution in [3.63, 3.8) is 0 Å². The van der Waals surface area contributed by atoms with E-state index in [9.17, 15) is 14.0 Å². The molecule has 1 aliphatic rings. The van der Waals surface area contributed by atoms with E-state index in [2.05, 4.69) is 15.1 Å². The van der Waals surface area contributed by atoms with Gasteiger partial charge in [-0.25, -0.2) is 19.0 Å². The molecule has 0 radical (unpaired) electrons. The number of likely N-dealkylation sites (tertiary alicyclic amines) is 1. The molecule has 3 heterocycles. The summed E-state index contributed by atoms with van der Waals surface area (Å²) in [7, 11) is 1.50. The zero-order chi connectivity index (χ0) is 21.3. The van der Waals surface area contributed by atoms with Gasteiger partial charge >= 0.3 is 0 Å². The van der Waals surface area contributed by atoms with Crippen molar-refractivity contribution >= 4 is 11.9 Å². The average molecular weight is 408 g/mol. The van der Waals surface area contributed by atoms with Crippen molar-refractivity contribution in [2.75, 3.05) is 12.3 Å². The van der Waals surface area contributed by atoms with Crippen LogP contribution in [0.3, 0.4) is 0 Å². The third-order valence-electron chi connectivity index (χ3n) is 5.25. The smallest absolute Gasteiger partial charge is 0.274 e. The van der Waals surface area contributed by atoms with Crippen LogP contribution in [0.25, 0.3) is 11.1 Å². The second-order valence-corrected chi connectivity index (χ2v) is 7.22. The van der Waals surface area contributed by atoms with Gasteiger partial charge in [-0.15, -0.1) is 0 Å². The molecule has 1 aromatic carbocycles. The van der Waals surface area contributed by atoms with Gasteiger partial charge in [0.2, 0.25) is 5.95 Å². The highest BCUT2D eigenvalue weighted by Gasteiger charge is 2.32. The van der Waals surface area contributed by atoms with Gasteiger partial charge in [-0.3, -0.25) is 9.59 Å². The summed E-state index contributed by atoms with van der Waals surface area (Å²) in [6.07, 6.45) is 4.07. The topological polar surface area (TPSA) is 107 Å². The quantitative estimate of drug-likeness (QED) is 0.713. The number of piperidine rings is 1. The number of nitrogens with zero attached hydrogens (tertiary/aromatic N) is 5. The summed E-state index contributed by atoms with van der Waals surface area (Å²) in [6, 6.07) is 8.46. The van der Waals surface area contributed by atoms with E-state index < -0.39 is 0 Å². The highest BCUT2D eigenvalue weighted by atomic mass is 19.1. The summed E-state index contributed by atoms with van der Waals surface area (Å²) in [5.74, 6) is -0.515. The van der Waals surface area contributed by atoms with Crippen LogP contribution in [0.1, 0.15) is 41.5 Å². The molecule has 30 heavy (non-hydrogen) atoms. The molecule has 1 saturated heterocycles. The molecule has 2 aromatic heterocycles. The van der Waals surface area contributed by atoms with Crippen molar-refractivity contribution in [2.45, 2.75) is 25.3 Å². The molecule has 1 amide bonds. The Balaban J connectivity index is 1.76. The molecule has 1 fully saturated rings. The Kier molecular flexibility index (Phi) is 5.26. The number of hydrogen-bond acceptors (Lipinski definition) is 6. The number of anilines is 1. The van der Waals surface area contributed by atoms with Crippen LogP contribution in [-0.4, -0.2) is 37.1 Å². The first-order valence-corrected chi connectivity index (χ1v) is 9.68. The molecule has 3 aromatic rings. The Hall–Kier alpha value is -3.62. The number of rotatable bonds is 3. The Bertz CT molecular complexity index is 1140. The summed E-state index contributed by atoms with van der Waals surface area (Å²) in [6.45, 7) is 0.529. The normalized spacial score (nSPS) is 16.5. The fourth-order valence-electron chi connectivity index (χ4n) is 3.74. The SMILES string of the molecule is Cn1nc(C(=O)N2CCCC[C@@H]2c2nc(N)ncc2-c2ccc(F)cc2)ccc1=O. The zero-order valence-electron chi connectivity index (χ0n) is 16.5. The highest BCUT2D eigenvalue weighted by molar-refractivity contribution is 5.92. The van der Waals surface area contributed by atoms with E-state index in [0.29, 0.717) is 24.2 Å². The second-order valence-electron chi connectivity index (χ2n) is 7.22. The molecule has 1 aliphatic heterocycles. The van der Waals surface area contributed by atoms with Crippen molar-refractivity contribution in [2.24, 2.45) is 7.05 Å². The van der Waals surface area contributed by atoms with E-state index >= 15 is 0 Å². The predicted molar refractivity (Wildman–Crippen MR) is 109 cm³/mol. The third-order valence-corrected chi connectivity index (χ3v) is 5.25. The first-order valence-electron chi connectivity index (χ1n) is 9.68. The van der Waals surface area contributed by atoms with Gasteiger partial charge in [-0.05, 0) is 43.0 Å². The molecule has 154 valence electrons. The van der Waals surface area contributed by atoms with E-state index in [1.165, 1.54) is 31.3 Å². The van der Waals surface area contributed by atoms with Crippen molar-refractivity contribution in [3.8, 4) is 11.1 Å². The molecule has 1 atom stereocenters. The molecule has 2 N–H and O–H groups in total. The number of aromatic nitrogens is 4. The van der Waals surface area contributed by atoms with Gasteiger partial charge in [0.25, 0.3) is 11.5 Å². The van der Waals surface area contributed by atoms with Gasteiger partial charge in [0.05, 0.1) is 11.7 Å². The lowest BCUT2D eigenvalue weighted by Gasteiger charge is -2.36. The minimum Gasteiger partial charge on any atom is -0.368 e. The molecule has 8 nitrogen and oxygen atoms in total. The van der Waals surface area contributed by atoms with Crippen LogP contribution < -0.4 is 11.3 Å². The standard InChI is InChI=1S/C21H21FN6O2/c1-27-18(29)10-9-16(26-27)20(30)28-11-3-2-4-17(28)19-15(12-24-21(23)25-19)13-5-7-14(22)8-6-13/h5-10,12,17H,2-4,11H2,1H3,(H2,23,24,25)/t17-/m1/s1. The summed E-state index contributed by atoms with van der Waals surface area (Å²) < 4.78 is 14.5. The maximum absolute atomic E-state index is 13.4. The first kappa shape index (κ1) is 19.7. The Labute approximate surface area is 172 Å². The minimum absolute atomic E-state index is 0.106. The van der Waals surface area contributed by atoms with E-state index in [0.717, 1.165) is 23.1 Å². The fourth-order valence-corrected chi connectivity index (χ4v) is 3.74. The maximum atomic E-state index is 13.4. The van der Waals surface area contributed by atoms with Gasteiger partial charge in [0.1, 0.15) is 11.5 Å². The summed E-state index contributed by atoms with van der Waals surface area (Å²) in [5.41, 5.74) is 7.83. The number of carbonyl (C=O) groups is 1. The van der Waals surface area contributed by atoms with Gasteiger partial charge in [-0.1, -0.05) is 12.1 Å². The number of nitrogens with two attached hydrogens (primary N) is 1. The maximum Gasteiger partial charge on any atom is 0.274 e. The Morgan fingerprint density at radius 2 is 1.93 bits per heavy atom. The van der Waals surface area contributed by atoms with E-state index in [4.69, 9.17) is 5.73 Å². The molecule has 4 rings (SSSR count). The lowest BCUT2D eigenvalue weighted by atomic mass is 9.93. The Morgan fingerprint density at radius 3 is 2.67 bits per heavy atom. The van der Waals surface area contributed by atoms with Gasteiger partial charge in [0, 0.05) is 31.4 Å². The fraction of sp³-hybridized carbons (Fsp3) is 0.286. The molecule has 0 unspecified atom stereocenters. The minimum atomic E-state index is -0.341. The lowest BCUT2D eigenvalue weighted by Crippen LogP contribution is -2.40. The van der Waals surface area contributed by atoms with Gasteiger partial charge in [-0.2, -0.15) is 5.10 Å². The summed E-state index contributed by atoms with van der Waals surface area (Å²) in [5, 5.41) is 4.10. The number of carbonyl (C=O) groups excluding carboxylic acids is 1. The van der Waals surface area contributed by atoms with E-state index in [-0.39, 0.29) is 35.0 Å². The van der Waals surface area contributed by atoms with Crippen LogP contribution >= 0.6 is 0 Å². The third kappa shape index (κ3) is 3.78. The predicted octanol–water partition coefficient (Wildman–Crippen LogP) is 2.33. The van der Waals surface area contributed by atoms with Crippen LogP contribution in [0.4, 0.5) is 10.3 Å². The lowest BCUT2D eigenvalue weighted by molar-refractivity contribution is 0.0598. The molecule has 0 bridgehead atoms. The number of nitrogen functional groups attached to an aromatic ring is 1. The molecular formula is C21H21FN6O2. The summed E-state index contributed by atoms with van der Waals surface area (Å²) >= 11 is 0. The summed E-state index contributed by atoms with van der Waals surface area (Å²) in [4.78, 5) is 35.2. The zero-order valence-corrected chi connectivity index (χ0v) is 16.5. The number of hydrogen-bond donors (Lipinski definition) is 1. The van der Waals surface area contributed by atoms with Gasteiger partial charge in [0.15, 0.2) is 0 Å². The van der Waals surface area contributed by atoms with Crippen molar-refractivity contribution in [3.05, 3.63) is 70.2 Å². The highest BCUT2D eigenvalue weighted by Crippen LogP contribution is 2.36. The monoisotopic (exact) mass is 408 g/mol. The van der Waals surface area contributed by atoms with E-state index in [1.807, 2.05) is 0 Å². The van der Waals surface area contributed by atoms with E-state index in [1.54, 1.807) is 23.2 Å². The Morgan fingerprint density at radius 1 is 1.17 bits per heavy atom. The number of benzene rings is 1. The van der Waals surface area contributed by atoms with Crippen LogP contribution in [-0.2, 0) is 7.05 Å². The number of amides is 1. The molecule has 0 spiro atoms. The van der Waals surface area contributed by atoms with Crippen LogP contribution in [0, 0.1) is 5.82 Å². The van der Waals surface area contributed by atoms with Crippen LogP contribution in [0.15, 0.2) is 47.4 Å². The molecule has 9 heteroatoms. The molecule has 0 saturated carbocycles. The van der Waals surface area contributed by atoms with Gasteiger partial charge < -0.3 is 10.6 Å². The van der Waals surface area contributed by atoms with Crippen LogP contribution in [0.5, 0.6) is 0 Å². The molecule has 0 aliphatic carbocycles. The first-order chi connectivity index (χ1) is 14.4. The van der Waals surface area contributed by atoms with Crippen molar-refractivity contribution in [1.82, 2.24) is 24.6 Å². The number of aryl methyl sites for hydroxylation is 1. The molecular weight excluding hydrogens is 387 g/mol.